The van der Waals surface area contributed by atoms with Gasteiger partial charge in [0.15, 0.2) is 0 Å². The van der Waals surface area contributed by atoms with Crippen molar-refractivity contribution in [2.45, 2.75) is 31.9 Å². The highest BCUT2D eigenvalue weighted by Crippen LogP contribution is 2.38. The summed E-state index contributed by atoms with van der Waals surface area (Å²) in [7, 11) is 0. The molecule has 1 unspecified atom stereocenters. The lowest BCUT2D eigenvalue weighted by Crippen LogP contribution is -2.64. The number of aryl methyl sites for hydroxylation is 1. The Bertz CT molecular complexity index is 1300. The molecule has 0 saturated carbocycles. The molecule has 1 aliphatic heterocycles. The lowest BCUT2D eigenvalue weighted by molar-refractivity contribution is -0.143. The Morgan fingerprint density at radius 1 is 1.03 bits per heavy atom. The van der Waals surface area contributed by atoms with Crippen molar-refractivity contribution in [1.82, 2.24) is 14.5 Å². The average molecular weight is 534 g/mol. The molecular formula is C23H21F7N4O3. The highest BCUT2D eigenvalue weighted by molar-refractivity contribution is 5.43. The van der Waals surface area contributed by atoms with E-state index in [4.69, 9.17) is 9.47 Å². The summed E-state index contributed by atoms with van der Waals surface area (Å²) in [6.07, 6.45) is -10.2. The molecular weight excluding hydrogens is 513 g/mol. The Morgan fingerprint density at radius 3 is 2.16 bits per heavy atom. The Morgan fingerprint density at radius 2 is 1.62 bits per heavy atom. The van der Waals surface area contributed by atoms with Crippen LogP contribution in [0.4, 0.5) is 30.7 Å². The predicted octanol–water partition coefficient (Wildman–Crippen LogP) is 4.38. The molecule has 1 aromatic heterocycles. The van der Waals surface area contributed by atoms with Gasteiger partial charge in [0.25, 0.3) is 0 Å². The predicted molar refractivity (Wildman–Crippen MR) is 116 cm³/mol. The topological polar surface area (TPSA) is 61.5 Å². The molecule has 0 bridgehead atoms. The summed E-state index contributed by atoms with van der Waals surface area (Å²) in [6.45, 7) is 2.79. The molecule has 1 atom stereocenters. The number of ether oxygens (including phenoxy) is 2. The molecule has 2 aromatic carbocycles. The number of benzene rings is 2. The summed E-state index contributed by atoms with van der Waals surface area (Å²) in [4.78, 5) is 17.7. The highest BCUT2D eigenvalue weighted by atomic mass is 19.4. The second-order valence-corrected chi connectivity index (χ2v) is 8.21. The molecule has 0 radical (unpaired) electrons. The van der Waals surface area contributed by atoms with Gasteiger partial charge in [-0.25, -0.2) is 13.9 Å². The van der Waals surface area contributed by atoms with Gasteiger partial charge >= 0.3 is 18.0 Å². The third kappa shape index (κ3) is 4.94. The molecule has 3 aromatic rings. The highest BCUT2D eigenvalue weighted by Gasteiger charge is 2.45. The van der Waals surface area contributed by atoms with Crippen molar-refractivity contribution in [1.29, 1.82) is 0 Å². The zero-order valence-electron chi connectivity index (χ0n) is 19.5. The van der Waals surface area contributed by atoms with Gasteiger partial charge in [-0.15, -0.1) is 4.79 Å². The van der Waals surface area contributed by atoms with Crippen LogP contribution in [0.3, 0.4) is 0 Å². The number of alkyl halides is 6. The largest absolute Gasteiger partial charge is 0.416 e. The fourth-order valence-electron chi connectivity index (χ4n) is 4.27. The summed E-state index contributed by atoms with van der Waals surface area (Å²) in [5.74, 6) is -0.728. The summed E-state index contributed by atoms with van der Waals surface area (Å²) in [5, 5.41) is 1.31. The van der Waals surface area contributed by atoms with Crippen molar-refractivity contribution < 1.29 is 40.2 Å². The maximum Gasteiger partial charge on any atom is 0.416 e. The van der Waals surface area contributed by atoms with Crippen molar-refractivity contribution in [2.75, 3.05) is 31.4 Å². The van der Waals surface area contributed by atoms with Gasteiger partial charge in [0, 0.05) is 12.2 Å². The summed E-state index contributed by atoms with van der Waals surface area (Å²) >= 11 is 0. The molecule has 0 amide bonds. The Balaban J connectivity index is 1.99. The second kappa shape index (κ2) is 9.49. The molecule has 37 heavy (non-hydrogen) atoms. The molecule has 0 aliphatic carbocycles. The molecule has 1 aliphatic rings. The van der Waals surface area contributed by atoms with Crippen molar-refractivity contribution in [2.24, 2.45) is 0 Å². The van der Waals surface area contributed by atoms with Gasteiger partial charge in [0.05, 0.1) is 30.0 Å². The Labute approximate surface area is 205 Å². The van der Waals surface area contributed by atoms with Gasteiger partial charge in [0.1, 0.15) is 18.2 Å². The normalized spacial score (nSPS) is 18.9. The molecule has 14 heteroatoms. The maximum absolute atomic E-state index is 13.7. The number of nitrogens with zero attached hydrogens (tertiary/aromatic N) is 4. The van der Waals surface area contributed by atoms with Crippen LogP contribution in [0.1, 0.15) is 29.4 Å². The quantitative estimate of drug-likeness (QED) is 0.455. The lowest BCUT2D eigenvalue weighted by atomic mass is 10.0. The van der Waals surface area contributed by atoms with E-state index in [1.54, 1.807) is 6.92 Å². The van der Waals surface area contributed by atoms with Crippen LogP contribution < -0.4 is 10.7 Å². The molecule has 0 spiro atoms. The van der Waals surface area contributed by atoms with Crippen LogP contribution >= 0.6 is 0 Å². The molecule has 200 valence electrons. The minimum absolute atomic E-state index is 0.00402. The molecule has 0 N–H and O–H groups in total. The van der Waals surface area contributed by atoms with Crippen molar-refractivity contribution in [3.8, 4) is 5.69 Å². The maximum atomic E-state index is 13.7. The fourth-order valence-corrected chi connectivity index (χ4v) is 4.27. The van der Waals surface area contributed by atoms with E-state index in [1.165, 1.54) is 24.1 Å². The first kappa shape index (κ1) is 26.7. The number of halogens is 7. The van der Waals surface area contributed by atoms with E-state index in [-0.39, 0.29) is 38.3 Å². The van der Waals surface area contributed by atoms with Crippen LogP contribution in [-0.4, -0.2) is 40.8 Å². The molecule has 7 nitrogen and oxygen atoms in total. The van der Waals surface area contributed by atoms with E-state index in [9.17, 15) is 35.5 Å². The van der Waals surface area contributed by atoms with Crippen LogP contribution in [-0.2, 0) is 27.6 Å². The van der Waals surface area contributed by atoms with E-state index in [0.717, 1.165) is 21.6 Å². The zero-order valence-corrected chi connectivity index (χ0v) is 19.5. The van der Waals surface area contributed by atoms with Gasteiger partial charge in [0.2, 0.25) is 5.72 Å². The van der Waals surface area contributed by atoms with Gasteiger partial charge in [-0.3, -0.25) is 5.01 Å². The van der Waals surface area contributed by atoms with Crippen LogP contribution in [0.15, 0.2) is 47.3 Å². The van der Waals surface area contributed by atoms with E-state index in [2.05, 4.69) is 4.98 Å². The van der Waals surface area contributed by atoms with E-state index >= 15 is 0 Å². The first-order chi connectivity index (χ1) is 17.3. The van der Waals surface area contributed by atoms with Gasteiger partial charge in [-0.05, 0) is 44.2 Å². The first-order valence-corrected chi connectivity index (χ1v) is 11.0. The average Bonchev–Trinajstić information content (AvgIpc) is 3.11. The third-order valence-electron chi connectivity index (χ3n) is 5.81. The first-order valence-electron chi connectivity index (χ1n) is 11.0. The number of morpholine rings is 1. The third-order valence-corrected chi connectivity index (χ3v) is 5.81. The van der Waals surface area contributed by atoms with Crippen molar-refractivity contribution in [3.63, 3.8) is 0 Å². The number of rotatable bonds is 5. The second-order valence-electron chi connectivity index (χ2n) is 8.21. The van der Waals surface area contributed by atoms with E-state index < -0.39 is 46.4 Å². The standard InChI is InChI=1S/C23H21F7N4O3/c1-3-37-21(15-4-6-18(24)7-5-15)13-36-9-8-32(21)34-20(35)31-14(2)33(34)19-11-16(22(25,26)27)10-17(12-19)23(28,29)30/h4-7,10-12H,3,8-9,13H2,1-2H3. The summed E-state index contributed by atoms with van der Waals surface area (Å²) in [6, 6.07) is 6.07. The zero-order chi connectivity index (χ0) is 27.2. The van der Waals surface area contributed by atoms with Crippen molar-refractivity contribution in [3.05, 3.63) is 81.3 Å². The molecule has 1 fully saturated rings. The molecule has 4 rings (SSSR count). The van der Waals surface area contributed by atoms with Crippen LogP contribution in [0.25, 0.3) is 5.69 Å². The van der Waals surface area contributed by atoms with Crippen LogP contribution in [0.2, 0.25) is 0 Å². The number of hydrogen-bond acceptors (Lipinski definition) is 5. The SMILES string of the molecule is CCOC1(c2ccc(F)cc2)COCCN1n1c(=O)nc(C)n1-c1cc(C(F)(F)F)cc(C(F)(F)F)c1. The summed E-state index contributed by atoms with van der Waals surface area (Å²) < 4.78 is 107. The molecule has 2 heterocycles. The monoisotopic (exact) mass is 534 g/mol. The Hall–Kier alpha value is -3.39. The minimum Gasteiger partial charge on any atom is -0.374 e. The fraction of sp³-hybridized carbons (Fsp3) is 0.391. The number of aromatic nitrogens is 3. The van der Waals surface area contributed by atoms with E-state index in [0.29, 0.717) is 17.7 Å². The van der Waals surface area contributed by atoms with Gasteiger partial charge in [-0.1, -0.05) is 12.1 Å². The van der Waals surface area contributed by atoms with E-state index in [1.807, 2.05) is 0 Å². The number of hydrogen-bond donors (Lipinski definition) is 0. The van der Waals surface area contributed by atoms with Gasteiger partial charge < -0.3 is 9.47 Å². The van der Waals surface area contributed by atoms with Crippen molar-refractivity contribution >= 4 is 0 Å². The Kier molecular flexibility index (Phi) is 6.84. The van der Waals surface area contributed by atoms with Gasteiger partial charge in [-0.2, -0.15) is 31.3 Å². The summed E-state index contributed by atoms with van der Waals surface area (Å²) in [5.41, 5.74) is -5.92. The smallest absolute Gasteiger partial charge is 0.374 e. The lowest BCUT2D eigenvalue weighted by Gasteiger charge is -2.47. The van der Waals surface area contributed by atoms with Crippen LogP contribution in [0.5, 0.6) is 0 Å². The van der Waals surface area contributed by atoms with Crippen LogP contribution in [0, 0.1) is 12.7 Å². The minimum atomic E-state index is -5.10. The molecule has 1 saturated heterocycles.